The molecule has 6 heterocycles. The lowest BCUT2D eigenvalue weighted by atomic mass is 9.80. The second kappa shape index (κ2) is 14.6. The molecule has 0 radical (unpaired) electrons. The molecule has 10 nitrogen and oxygen atoms in total. The van der Waals surface area contributed by atoms with Gasteiger partial charge in [-0.25, -0.2) is 0 Å². The van der Waals surface area contributed by atoms with Crippen molar-refractivity contribution in [2.45, 2.75) is 34.6 Å². The van der Waals surface area contributed by atoms with Crippen LogP contribution in [-0.2, 0) is 13.1 Å². The molecule has 0 spiro atoms. The van der Waals surface area contributed by atoms with Gasteiger partial charge >= 0.3 is 0 Å². The molecule has 8 bridgehead atoms. The zero-order chi connectivity index (χ0) is 33.4. The van der Waals surface area contributed by atoms with E-state index in [-0.39, 0.29) is 80.4 Å². The highest BCUT2D eigenvalue weighted by Gasteiger charge is 2.48. The van der Waals surface area contributed by atoms with Gasteiger partial charge in [-0.05, 0) is 24.3 Å². The van der Waals surface area contributed by atoms with Gasteiger partial charge in [0.1, 0.15) is 0 Å². The molecular formula is C28H22Cl8N4O6. The summed E-state index contributed by atoms with van der Waals surface area (Å²) in [5, 5.41) is 7.53. The fourth-order valence-electron chi connectivity index (χ4n) is 5.05. The number of halogens is 8. The third-order valence-electron chi connectivity index (χ3n) is 7.64. The zero-order valence-corrected chi connectivity index (χ0v) is 29.1. The van der Waals surface area contributed by atoms with Crippen LogP contribution in [0.2, 0.25) is 20.1 Å². The van der Waals surface area contributed by atoms with Gasteiger partial charge in [0.25, 0.3) is 23.6 Å². The molecule has 0 saturated heterocycles. The third-order valence-corrected chi connectivity index (χ3v) is 12.1. The Morgan fingerprint density at radius 3 is 1.02 bits per heavy atom. The van der Waals surface area contributed by atoms with E-state index in [4.69, 9.17) is 102 Å². The van der Waals surface area contributed by atoms with E-state index in [0.717, 1.165) is 0 Å². The van der Waals surface area contributed by atoms with E-state index in [2.05, 4.69) is 21.3 Å². The first-order valence-electron chi connectivity index (χ1n) is 13.5. The molecule has 3 aromatic rings. The predicted octanol–water partition coefficient (Wildman–Crippen LogP) is 6.50. The van der Waals surface area contributed by atoms with E-state index in [9.17, 15) is 19.2 Å². The van der Waals surface area contributed by atoms with Crippen molar-refractivity contribution >= 4 is 116 Å². The number of furan rings is 2. The fraction of sp³-hybridized carbons (Fsp3) is 0.357. The van der Waals surface area contributed by atoms with Crippen LogP contribution in [0.25, 0.3) is 0 Å². The molecule has 2 aromatic heterocycles. The molecule has 4 amide bonds. The smallest absolute Gasteiger partial charge is 0.287 e. The van der Waals surface area contributed by atoms with Crippen LogP contribution in [0, 0.1) is 11.8 Å². The van der Waals surface area contributed by atoms with Crippen LogP contribution in [0.15, 0.2) is 33.1 Å². The summed E-state index contributed by atoms with van der Waals surface area (Å²) >= 11 is 52.6. The molecule has 46 heavy (non-hydrogen) atoms. The largest absolute Gasteiger partial charge is 0.446 e. The van der Waals surface area contributed by atoms with Crippen LogP contribution >= 0.6 is 92.8 Å². The quantitative estimate of drug-likeness (QED) is 0.151. The number of amides is 4. The van der Waals surface area contributed by atoms with E-state index in [0.29, 0.717) is 0 Å². The van der Waals surface area contributed by atoms with Crippen LogP contribution < -0.4 is 21.3 Å². The number of hydrogen-bond donors (Lipinski definition) is 4. The summed E-state index contributed by atoms with van der Waals surface area (Å²) < 4.78 is 10.9. The van der Waals surface area contributed by atoms with Crippen molar-refractivity contribution in [1.82, 2.24) is 21.3 Å². The Labute approximate surface area is 302 Å². The van der Waals surface area contributed by atoms with E-state index in [1.807, 2.05) is 0 Å². The topological polar surface area (TPSA) is 143 Å². The van der Waals surface area contributed by atoms with Gasteiger partial charge in [0.15, 0.2) is 23.0 Å². The van der Waals surface area contributed by atoms with Gasteiger partial charge in [0.2, 0.25) is 0 Å². The summed E-state index contributed by atoms with van der Waals surface area (Å²) in [5.74, 6) is -4.42. The maximum atomic E-state index is 12.9. The number of alkyl halides is 4. The Hall–Kier alpha value is -2.02. The molecule has 4 N–H and O–H groups in total. The maximum Gasteiger partial charge on any atom is 0.287 e. The Morgan fingerprint density at radius 1 is 0.478 bits per heavy atom. The van der Waals surface area contributed by atoms with Crippen molar-refractivity contribution < 1.29 is 28.0 Å². The van der Waals surface area contributed by atoms with Crippen molar-refractivity contribution in [2.24, 2.45) is 11.8 Å². The number of carbonyl (C=O) groups is 4. The van der Waals surface area contributed by atoms with Gasteiger partial charge < -0.3 is 30.1 Å². The summed E-state index contributed by atoms with van der Waals surface area (Å²) in [4.78, 5) is 51.4. The second-order valence-corrected chi connectivity index (χ2v) is 14.0. The highest BCUT2D eigenvalue weighted by atomic mass is 35.5. The molecule has 1 fully saturated rings. The summed E-state index contributed by atoms with van der Waals surface area (Å²) in [5.41, 5.74) is 0.399. The molecule has 5 aliphatic rings. The number of nitrogens with one attached hydrogen (secondary N) is 4. The normalized spacial score (nSPS) is 26.3. The van der Waals surface area contributed by atoms with Gasteiger partial charge in [-0.15, -0.1) is 46.4 Å². The number of benzene rings is 1. The summed E-state index contributed by atoms with van der Waals surface area (Å²) in [6.45, 7) is -0.447. The van der Waals surface area contributed by atoms with Crippen molar-refractivity contribution in [3.63, 3.8) is 0 Å². The maximum absolute atomic E-state index is 12.9. The lowest BCUT2D eigenvalue weighted by Gasteiger charge is -2.43. The minimum absolute atomic E-state index is 0.0126. The first kappa shape index (κ1) is 35.3. The van der Waals surface area contributed by atoms with E-state index in [1.54, 1.807) is 0 Å². The first-order chi connectivity index (χ1) is 21.8. The summed E-state index contributed by atoms with van der Waals surface area (Å²) in [6.07, 6.45) is 0. The standard InChI is InChI=1S/C28H22Cl8N4O6/c29-17-9-5-37-25(41)13-1-2-14(45-13)26(42)38-6-10-19(31)23(35)12(24(36)20(10)32)8-40-28(44)16-4-3-15(46-16)27(43)39-7-11(21(17)33)22(34)18(9)30/h1-4,9,11,17-18,21-22H,5-8H2,(H,37,41)(H,38,42)(H,39,43)(H,40,44)/t9?,11?,17-,18+,21+,22-. The van der Waals surface area contributed by atoms with Crippen LogP contribution in [0.4, 0.5) is 0 Å². The Kier molecular flexibility index (Phi) is 11.2. The highest BCUT2D eigenvalue weighted by Crippen LogP contribution is 2.43. The number of rotatable bonds is 0. The molecule has 6 atom stereocenters. The minimum atomic E-state index is -0.744. The summed E-state index contributed by atoms with van der Waals surface area (Å²) in [6, 6.07) is 5.26. The third kappa shape index (κ3) is 7.05. The second-order valence-electron chi connectivity index (χ2n) is 10.4. The Bertz CT molecular complexity index is 1530. The van der Waals surface area contributed by atoms with Crippen LogP contribution in [0.5, 0.6) is 0 Å². The van der Waals surface area contributed by atoms with Crippen molar-refractivity contribution in [3.8, 4) is 0 Å². The van der Waals surface area contributed by atoms with E-state index < -0.39 is 57.0 Å². The Morgan fingerprint density at radius 2 is 0.739 bits per heavy atom. The van der Waals surface area contributed by atoms with Crippen LogP contribution in [0.3, 0.4) is 0 Å². The van der Waals surface area contributed by atoms with Gasteiger partial charge in [-0.2, -0.15) is 0 Å². The molecular weight excluding hydrogens is 772 g/mol. The average Bonchev–Trinajstić information content (AvgIpc) is 3.73. The minimum Gasteiger partial charge on any atom is -0.446 e. The molecule has 1 aliphatic carbocycles. The van der Waals surface area contributed by atoms with E-state index >= 15 is 0 Å². The van der Waals surface area contributed by atoms with Gasteiger partial charge in [-0.3, -0.25) is 19.2 Å². The molecule has 1 saturated carbocycles. The lowest BCUT2D eigenvalue weighted by molar-refractivity contribution is 0.0874. The van der Waals surface area contributed by atoms with Crippen LogP contribution in [0.1, 0.15) is 53.3 Å². The van der Waals surface area contributed by atoms with Crippen molar-refractivity contribution in [3.05, 3.63) is 78.5 Å². The predicted molar refractivity (Wildman–Crippen MR) is 176 cm³/mol. The molecule has 246 valence electrons. The number of hydrogen-bond acceptors (Lipinski definition) is 6. The Balaban J connectivity index is 1.44. The molecule has 4 aliphatic heterocycles. The van der Waals surface area contributed by atoms with Gasteiger partial charge in [0, 0.05) is 49.1 Å². The summed E-state index contributed by atoms with van der Waals surface area (Å²) in [7, 11) is 0. The first-order valence-corrected chi connectivity index (χ1v) is 16.8. The van der Waals surface area contributed by atoms with E-state index in [1.165, 1.54) is 24.3 Å². The lowest BCUT2D eigenvalue weighted by Crippen LogP contribution is -2.56. The number of carbonyl (C=O) groups excluding carboxylic acids is 4. The zero-order valence-electron chi connectivity index (χ0n) is 23.1. The van der Waals surface area contributed by atoms with Crippen LogP contribution in [-0.4, -0.2) is 58.2 Å². The monoisotopic (exact) mass is 790 g/mol. The van der Waals surface area contributed by atoms with Gasteiger partial charge in [-0.1, -0.05) is 46.4 Å². The van der Waals surface area contributed by atoms with Crippen molar-refractivity contribution in [2.75, 3.05) is 13.1 Å². The SMILES string of the molecule is O=C1NCc2c(Cl)c(Cl)c(c(Cl)c2Cl)CNC(=O)c2ccc(o2)C(=O)NCC2[C@@H](Cl)[C@@H](Cl)C(CNC(=O)c3ccc1o3)[C@@H](Cl)[C@H]2Cl. The molecule has 8 rings (SSSR count). The fourth-order valence-corrected chi connectivity index (χ4v) is 8.13. The molecule has 2 unspecified atom stereocenters. The average molecular weight is 794 g/mol. The van der Waals surface area contributed by atoms with Gasteiger partial charge in [0.05, 0.1) is 41.6 Å². The molecule has 1 aromatic carbocycles. The highest BCUT2D eigenvalue weighted by molar-refractivity contribution is 6.49. The molecule has 18 heteroatoms. The van der Waals surface area contributed by atoms with Crippen molar-refractivity contribution in [1.29, 1.82) is 0 Å².